The lowest BCUT2D eigenvalue weighted by atomic mass is 9.98. The molecule has 0 aliphatic carbocycles. The number of carboxylic acid groups (broad SMARTS) is 1. The topological polar surface area (TPSA) is 90.0 Å². The first-order valence-electron chi connectivity index (χ1n) is 9.65. The number of nitrogens with one attached hydrogen (secondary N) is 1. The van der Waals surface area contributed by atoms with E-state index >= 15 is 0 Å². The molecule has 2 N–H and O–H groups in total. The highest BCUT2D eigenvalue weighted by Crippen LogP contribution is 2.21. The maximum Gasteiger partial charge on any atom is 0.318 e. The highest BCUT2D eigenvalue weighted by Gasteiger charge is 2.28. The molecule has 7 heteroatoms. The first kappa shape index (κ1) is 19.2. The normalized spacial score (nSPS) is 19.3. The quantitative estimate of drug-likeness (QED) is 0.826. The van der Waals surface area contributed by atoms with Crippen LogP contribution < -0.4 is 5.32 Å². The molecule has 1 fully saturated rings. The number of hydrogen-bond acceptors (Lipinski definition) is 3. The minimum Gasteiger partial charge on any atom is -0.481 e. The molecule has 3 amide bonds. The number of aliphatic carboxylic acids is 1. The Morgan fingerprint density at radius 2 is 1.89 bits per heavy atom. The number of piperidine rings is 1. The third kappa shape index (κ3) is 4.99. The predicted octanol–water partition coefficient (Wildman–Crippen LogP) is 2.00. The van der Waals surface area contributed by atoms with Crippen LogP contribution in [0.25, 0.3) is 0 Å². The smallest absolute Gasteiger partial charge is 0.318 e. The highest BCUT2D eigenvalue weighted by molar-refractivity contribution is 5.84. The van der Waals surface area contributed by atoms with Crippen LogP contribution in [0.2, 0.25) is 0 Å². The van der Waals surface area contributed by atoms with Crippen molar-refractivity contribution in [2.45, 2.75) is 51.1 Å². The molecule has 0 spiro atoms. The summed E-state index contributed by atoms with van der Waals surface area (Å²) in [5, 5.41) is 11.6. The van der Waals surface area contributed by atoms with Crippen LogP contribution >= 0.6 is 0 Å². The summed E-state index contributed by atoms with van der Waals surface area (Å²) in [6, 6.07) is 7.82. The van der Waals surface area contributed by atoms with Crippen molar-refractivity contribution in [1.29, 1.82) is 0 Å². The molecule has 1 saturated heterocycles. The molecule has 2 heterocycles. The molecule has 27 heavy (non-hydrogen) atoms. The Morgan fingerprint density at radius 1 is 1.11 bits per heavy atom. The van der Waals surface area contributed by atoms with Crippen molar-refractivity contribution in [3.05, 3.63) is 35.4 Å². The average Bonchev–Trinajstić information content (AvgIpc) is 2.70. The molecule has 0 bridgehead atoms. The second-order valence-electron chi connectivity index (χ2n) is 7.27. The summed E-state index contributed by atoms with van der Waals surface area (Å²) in [6.07, 6.45) is 4.11. The van der Waals surface area contributed by atoms with Gasteiger partial charge in [-0.05, 0) is 43.2 Å². The molecule has 0 saturated carbocycles. The van der Waals surface area contributed by atoms with Crippen LogP contribution in [0.4, 0.5) is 4.79 Å². The highest BCUT2D eigenvalue weighted by atomic mass is 16.4. The molecule has 0 aromatic heterocycles. The zero-order valence-corrected chi connectivity index (χ0v) is 15.5. The fraction of sp³-hybridized carbons (Fsp3) is 0.550. The van der Waals surface area contributed by atoms with E-state index in [9.17, 15) is 14.4 Å². The molecule has 0 radical (unpaired) electrons. The first-order valence-corrected chi connectivity index (χ1v) is 9.65. The number of hydrogen-bond donors (Lipinski definition) is 2. The molecule has 1 atom stereocenters. The fourth-order valence-electron chi connectivity index (χ4n) is 3.95. The summed E-state index contributed by atoms with van der Waals surface area (Å²) in [7, 11) is 0. The van der Waals surface area contributed by atoms with Gasteiger partial charge in [0.1, 0.15) is 0 Å². The maximum absolute atomic E-state index is 12.6. The van der Waals surface area contributed by atoms with E-state index in [0.717, 1.165) is 31.2 Å². The standard InChI is InChI=1S/C20H27N3O4/c24-18(23-11-4-3-7-17(23)8-9-19(25)26)13-21-20(27)22-12-10-15-5-1-2-6-16(15)14-22/h1-2,5-6,17H,3-4,7-14H2,(H,21,27)(H,25,26). The maximum atomic E-state index is 12.6. The van der Waals surface area contributed by atoms with Gasteiger partial charge in [-0.3, -0.25) is 9.59 Å². The molecule has 2 aliphatic heterocycles. The monoisotopic (exact) mass is 373 g/mol. The van der Waals surface area contributed by atoms with Crippen molar-refractivity contribution in [3.8, 4) is 0 Å². The molecular formula is C20H27N3O4. The molecular weight excluding hydrogens is 346 g/mol. The third-order valence-corrected chi connectivity index (χ3v) is 5.45. The lowest BCUT2D eigenvalue weighted by Crippen LogP contribution is -2.50. The Hall–Kier alpha value is -2.57. The van der Waals surface area contributed by atoms with Gasteiger partial charge >= 0.3 is 12.0 Å². The number of carbonyl (C=O) groups excluding carboxylic acids is 2. The number of fused-ring (bicyclic) bond motifs is 1. The molecule has 1 unspecified atom stereocenters. The summed E-state index contributed by atoms with van der Waals surface area (Å²) >= 11 is 0. The minimum absolute atomic E-state index is 0.0406. The zero-order valence-electron chi connectivity index (χ0n) is 15.5. The number of carbonyl (C=O) groups is 3. The molecule has 1 aromatic rings. The van der Waals surface area contributed by atoms with Gasteiger partial charge in [-0.25, -0.2) is 4.79 Å². The Bertz CT molecular complexity index is 706. The van der Waals surface area contributed by atoms with E-state index in [1.54, 1.807) is 9.80 Å². The van der Waals surface area contributed by atoms with Crippen LogP contribution in [-0.2, 0) is 22.6 Å². The number of nitrogens with zero attached hydrogens (tertiary/aromatic N) is 2. The van der Waals surface area contributed by atoms with Crippen LogP contribution in [0, 0.1) is 0 Å². The summed E-state index contributed by atoms with van der Waals surface area (Å²) in [5.41, 5.74) is 2.42. The van der Waals surface area contributed by atoms with Crippen LogP contribution in [0.15, 0.2) is 24.3 Å². The summed E-state index contributed by atoms with van der Waals surface area (Å²) in [6.45, 7) is 1.79. The van der Waals surface area contributed by atoms with E-state index in [1.165, 1.54) is 5.56 Å². The van der Waals surface area contributed by atoms with E-state index in [1.807, 2.05) is 18.2 Å². The SMILES string of the molecule is O=C(O)CCC1CCCCN1C(=O)CNC(=O)N1CCc2ccccc2C1. The van der Waals surface area contributed by atoms with Gasteiger partial charge in [0.25, 0.3) is 0 Å². The van der Waals surface area contributed by atoms with E-state index in [0.29, 0.717) is 26.1 Å². The van der Waals surface area contributed by atoms with Gasteiger partial charge in [0.05, 0.1) is 6.54 Å². The Morgan fingerprint density at radius 3 is 2.67 bits per heavy atom. The van der Waals surface area contributed by atoms with Crippen LogP contribution in [0.1, 0.15) is 43.2 Å². The number of urea groups is 1. The van der Waals surface area contributed by atoms with E-state index in [4.69, 9.17) is 5.11 Å². The van der Waals surface area contributed by atoms with Gasteiger partial charge in [0, 0.05) is 32.1 Å². The molecule has 146 valence electrons. The Balaban J connectivity index is 1.50. The van der Waals surface area contributed by atoms with E-state index in [2.05, 4.69) is 11.4 Å². The summed E-state index contributed by atoms with van der Waals surface area (Å²) in [5.74, 6) is -0.970. The summed E-state index contributed by atoms with van der Waals surface area (Å²) in [4.78, 5) is 39.4. The van der Waals surface area contributed by atoms with E-state index < -0.39 is 5.97 Å². The molecule has 2 aliphatic rings. The zero-order chi connectivity index (χ0) is 19.2. The van der Waals surface area contributed by atoms with Crippen molar-refractivity contribution in [2.24, 2.45) is 0 Å². The van der Waals surface area contributed by atoms with E-state index in [-0.39, 0.29) is 30.9 Å². The largest absolute Gasteiger partial charge is 0.481 e. The van der Waals surface area contributed by atoms with Gasteiger partial charge in [-0.15, -0.1) is 0 Å². The number of carboxylic acids is 1. The van der Waals surface area contributed by atoms with Crippen molar-refractivity contribution < 1.29 is 19.5 Å². The number of rotatable bonds is 5. The van der Waals surface area contributed by atoms with Gasteiger partial charge in [0.15, 0.2) is 0 Å². The number of likely N-dealkylation sites (tertiary alicyclic amines) is 1. The lowest BCUT2D eigenvalue weighted by Gasteiger charge is -2.36. The predicted molar refractivity (Wildman–Crippen MR) is 100 cm³/mol. The number of amides is 3. The third-order valence-electron chi connectivity index (χ3n) is 5.45. The second kappa shape index (κ2) is 8.88. The van der Waals surface area contributed by atoms with Gasteiger partial charge < -0.3 is 20.2 Å². The first-order chi connectivity index (χ1) is 13.0. The van der Waals surface area contributed by atoms with Crippen LogP contribution in [-0.4, -0.2) is 58.5 Å². The van der Waals surface area contributed by atoms with Gasteiger partial charge in [-0.1, -0.05) is 24.3 Å². The van der Waals surface area contributed by atoms with Crippen molar-refractivity contribution >= 4 is 17.9 Å². The van der Waals surface area contributed by atoms with Crippen molar-refractivity contribution in [1.82, 2.24) is 15.1 Å². The lowest BCUT2D eigenvalue weighted by molar-refractivity contribution is -0.139. The van der Waals surface area contributed by atoms with Crippen molar-refractivity contribution in [2.75, 3.05) is 19.6 Å². The number of benzene rings is 1. The van der Waals surface area contributed by atoms with Crippen LogP contribution in [0.5, 0.6) is 0 Å². The minimum atomic E-state index is -0.841. The molecule has 3 rings (SSSR count). The van der Waals surface area contributed by atoms with Gasteiger partial charge in [0.2, 0.25) is 5.91 Å². The average molecular weight is 373 g/mol. The Labute approximate surface area is 159 Å². The van der Waals surface area contributed by atoms with Crippen LogP contribution in [0.3, 0.4) is 0 Å². The molecule has 7 nitrogen and oxygen atoms in total. The molecule has 1 aromatic carbocycles. The summed E-state index contributed by atoms with van der Waals surface area (Å²) < 4.78 is 0. The van der Waals surface area contributed by atoms with Gasteiger partial charge in [-0.2, -0.15) is 0 Å². The Kier molecular flexibility index (Phi) is 6.32. The fourth-order valence-corrected chi connectivity index (χ4v) is 3.95. The second-order valence-corrected chi connectivity index (χ2v) is 7.27. The van der Waals surface area contributed by atoms with Crippen molar-refractivity contribution in [3.63, 3.8) is 0 Å².